The van der Waals surface area contributed by atoms with Gasteiger partial charge in [-0.25, -0.2) is 0 Å². The normalized spacial score (nSPS) is 11.5. The number of hydrogen-bond acceptors (Lipinski definition) is 2. The SMILES string of the molecule is Cc1cc(-c2ccccc2)ccc1N(c1ccc(-c2ccccc2)cc1)c1cc(-c2ccc(-n3c4ccccc4c4ccccc43)cc2)c2oc3ccccc3c2c1. The summed E-state index contributed by atoms with van der Waals surface area (Å²) >= 11 is 0. The Morgan fingerprint density at radius 3 is 1.59 bits per heavy atom. The summed E-state index contributed by atoms with van der Waals surface area (Å²) in [5, 5.41) is 4.68. The Morgan fingerprint density at radius 2 is 0.931 bits per heavy atom. The van der Waals surface area contributed by atoms with Gasteiger partial charge in [0.25, 0.3) is 0 Å². The predicted octanol–water partition coefficient (Wildman–Crippen LogP) is 15.5. The summed E-state index contributed by atoms with van der Waals surface area (Å²) < 4.78 is 9.10. The first-order valence-electron chi connectivity index (χ1n) is 19.8. The predicted molar refractivity (Wildman–Crippen MR) is 244 cm³/mol. The number of furan rings is 1. The lowest BCUT2D eigenvalue weighted by molar-refractivity contribution is 0.670. The van der Waals surface area contributed by atoms with Gasteiger partial charge in [0, 0.05) is 49.9 Å². The highest BCUT2D eigenvalue weighted by atomic mass is 16.3. The number of anilines is 3. The molecule has 0 N–H and O–H groups in total. The molecule has 11 rings (SSSR count). The molecule has 9 aromatic carbocycles. The average molecular weight is 743 g/mol. The van der Waals surface area contributed by atoms with Gasteiger partial charge in [0.15, 0.2) is 0 Å². The van der Waals surface area contributed by atoms with E-state index in [2.05, 4.69) is 223 Å². The van der Waals surface area contributed by atoms with Crippen molar-refractivity contribution in [2.45, 2.75) is 6.92 Å². The van der Waals surface area contributed by atoms with Crippen LogP contribution in [0.25, 0.3) is 82.8 Å². The molecule has 0 saturated carbocycles. The first kappa shape index (κ1) is 33.7. The van der Waals surface area contributed by atoms with Gasteiger partial charge in [-0.15, -0.1) is 0 Å². The lowest BCUT2D eigenvalue weighted by Crippen LogP contribution is -2.11. The first-order valence-corrected chi connectivity index (χ1v) is 19.8. The van der Waals surface area contributed by atoms with Gasteiger partial charge < -0.3 is 13.9 Å². The van der Waals surface area contributed by atoms with Crippen molar-refractivity contribution in [2.24, 2.45) is 0 Å². The summed E-state index contributed by atoms with van der Waals surface area (Å²) in [6.07, 6.45) is 0. The van der Waals surface area contributed by atoms with Crippen molar-refractivity contribution in [3.8, 4) is 39.1 Å². The zero-order chi connectivity index (χ0) is 38.6. The molecular formula is C55H38N2O. The molecule has 0 radical (unpaired) electrons. The molecule has 274 valence electrons. The number of aromatic nitrogens is 1. The van der Waals surface area contributed by atoms with Gasteiger partial charge in [0.05, 0.1) is 11.0 Å². The molecule has 2 aromatic heterocycles. The van der Waals surface area contributed by atoms with E-state index in [4.69, 9.17) is 4.42 Å². The van der Waals surface area contributed by atoms with Gasteiger partial charge in [0.2, 0.25) is 0 Å². The van der Waals surface area contributed by atoms with Crippen LogP contribution in [-0.2, 0) is 0 Å². The van der Waals surface area contributed by atoms with Crippen LogP contribution >= 0.6 is 0 Å². The number of benzene rings is 9. The molecule has 3 nitrogen and oxygen atoms in total. The zero-order valence-electron chi connectivity index (χ0n) is 32.0. The second kappa shape index (κ2) is 13.8. The largest absolute Gasteiger partial charge is 0.455 e. The Hall–Kier alpha value is -7.62. The fourth-order valence-electron chi connectivity index (χ4n) is 8.72. The number of nitrogens with zero attached hydrogens (tertiary/aromatic N) is 2. The van der Waals surface area contributed by atoms with Crippen molar-refractivity contribution in [1.82, 2.24) is 4.57 Å². The summed E-state index contributed by atoms with van der Waals surface area (Å²) in [6.45, 7) is 2.22. The number of rotatable bonds is 7. The monoisotopic (exact) mass is 742 g/mol. The Bertz CT molecular complexity index is 3210. The molecule has 0 aliphatic carbocycles. The number of hydrogen-bond donors (Lipinski definition) is 0. The smallest absolute Gasteiger partial charge is 0.143 e. The van der Waals surface area contributed by atoms with E-state index >= 15 is 0 Å². The maximum absolute atomic E-state index is 6.73. The average Bonchev–Trinajstić information content (AvgIpc) is 3.84. The van der Waals surface area contributed by atoms with Crippen molar-refractivity contribution in [3.05, 3.63) is 218 Å². The van der Waals surface area contributed by atoms with Crippen molar-refractivity contribution >= 4 is 60.8 Å². The van der Waals surface area contributed by atoms with Gasteiger partial charge in [-0.2, -0.15) is 0 Å². The lowest BCUT2D eigenvalue weighted by atomic mass is 9.98. The van der Waals surface area contributed by atoms with Crippen LogP contribution in [0, 0.1) is 6.92 Å². The quantitative estimate of drug-likeness (QED) is 0.162. The molecular weight excluding hydrogens is 705 g/mol. The summed E-state index contributed by atoms with van der Waals surface area (Å²) in [4.78, 5) is 2.40. The molecule has 3 heteroatoms. The van der Waals surface area contributed by atoms with Crippen LogP contribution in [0.5, 0.6) is 0 Å². The van der Waals surface area contributed by atoms with E-state index in [1.54, 1.807) is 0 Å². The van der Waals surface area contributed by atoms with Crippen molar-refractivity contribution in [2.75, 3.05) is 4.90 Å². The molecule has 2 heterocycles. The number of aryl methyl sites for hydroxylation is 1. The third-order valence-electron chi connectivity index (χ3n) is 11.5. The van der Waals surface area contributed by atoms with Crippen LogP contribution in [0.15, 0.2) is 217 Å². The number of para-hydroxylation sites is 3. The molecule has 0 aliphatic rings. The van der Waals surface area contributed by atoms with Crippen molar-refractivity contribution < 1.29 is 4.42 Å². The fraction of sp³-hybridized carbons (Fsp3) is 0.0182. The topological polar surface area (TPSA) is 21.3 Å². The van der Waals surface area contributed by atoms with Gasteiger partial charge >= 0.3 is 0 Å². The highest BCUT2D eigenvalue weighted by Gasteiger charge is 2.21. The molecule has 0 fully saturated rings. The molecule has 58 heavy (non-hydrogen) atoms. The molecule has 0 amide bonds. The summed E-state index contributed by atoms with van der Waals surface area (Å²) in [5.41, 5.74) is 16.6. The second-order valence-corrected chi connectivity index (χ2v) is 15.0. The molecule has 0 unspecified atom stereocenters. The maximum Gasteiger partial charge on any atom is 0.143 e. The standard InChI is InChI=1S/C55H38N2O/c1-37-34-42(39-16-6-3-7-17-39)28-33-51(37)56(43-29-24-40(25-30-43)38-14-4-2-5-15-38)45-35-49(55-50(36-45)48-20-10-13-23-54(48)58-55)41-26-31-44(32-27-41)57-52-21-11-8-18-46(52)47-19-9-12-22-53(47)57/h2-36H,1H3. The minimum Gasteiger partial charge on any atom is -0.455 e. The summed E-state index contributed by atoms with van der Waals surface area (Å²) in [7, 11) is 0. The fourth-order valence-corrected chi connectivity index (χ4v) is 8.72. The molecule has 0 saturated heterocycles. The summed E-state index contributed by atoms with van der Waals surface area (Å²) in [5.74, 6) is 0. The Kier molecular flexibility index (Phi) is 8.04. The Morgan fingerprint density at radius 1 is 0.397 bits per heavy atom. The van der Waals surface area contributed by atoms with E-state index in [9.17, 15) is 0 Å². The third-order valence-corrected chi connectivity index (χ3v) is 11.5. The van der Waals surface area contributed by atoms with E-state index in [0.29, 0.717) is 0 Å². The van der Waals surface area contributed by atoms with Crippen LogP contribution < -0.4 is 4.90 Å². The van der Waals surface area contributed by atoms with E-state index < -0.39 is 0 Å². The molecule has 0 aliphatic heterocycles. The maximum atomic E-state index is 6.73. The van der Waals surface area contributed by atoms with Gasteiger partial charge in [-0.05, 0) is 107 Å². The van der Waals surface area contributed by atoms with Crippen LogP contribution in [0.1, 0.15) is 5.56 Å². The number of fused-ring (bicyclic) bond motifs is 6. The van der Waals surface area contributed by atoms with Crippen molar-refractivity contribution in [3.63, 3.8) is 0 Å². The Labute approximate surface area is 337 Å². The van der Waals surface area contributed by atoms with Crippen LogP contribution in [0.2, 0.25) is 0 Å². The van der Waals surface area contributed by atoms with E-state index in [1.165, 1.54) is 49.6 Å². The van der Waals surface area contributed by atoms with Gasteiger partial charge in [-0.3, -0.25) is 0 Å². The highest BCUT2D eigenvalue weighted by molar-refractivity contribution is 6.12. The lowest BCUT2D eigenvalue weighted by Gasteiger charge is -2.28. The minimum absolute atomic E-state index is 0.875. The van der Waals surface area contributed by atoms with Crippen LogP contribution in [0.3, 0.4) is 0 Å². The second-order valence-electron chi connectivity index (χ2n) is 15.0. The van der Waals surface area contributed by atoms with Crippen molar-refractivity contribution in [1.29, 1.82) is 0 Å². The minimum atomic E-state index is 0.875. The molecule has 11 aromatic rings. The zero-order valence-corrected chi connectivity index (χ0v) is 32.0. The highest BCUT2D eigenvalue weighted by Crippen LogP contribution is 2.45. The molecule has 0 bridgehead atoms. The van der Waals surface area contributed by atoms with E-state index in [-0.39, 0.29) is 0 Å². The molecule has 0 spiro atoms. The van der Waals surface area contributed by atoms with Crippen LogP contribution in [-0.4, -0.2) is 4.57 Å². The van der Waals surface area contributed by atoms with Gasteiger partial charge in [0.1, 0.15) is 11.2 Å². The van der Waals surface area contributed by atoms with E-state index in [1.807, 2.05) is 6.07 Å². The Balaban J connectivity index is 1.10. The molecule has 0 atom stereocenters. The third kappa shape index (κ3) is 5.67. The summed E-state index contributed by atoms with van der Waals surface area (Å²) in [6, 6.07) is 76.2. The first-order chi connectivity index (χ1) is 28.7. The van der Waals surface area contributed by atoms with E-state index in [0.717, 1.165) is 55.8 Å². The van der Waals surface area contributed by atoms with Gasteiger partial charge in [-0.1, -0.05) is 146 Å². The van der Waals surface area contributed by atoms with Crippen LogP contribution in [0.4, 0.5) is 17.1 Å².